The number of hydrogen-bond donors (Lipinski definition) is 1. The number of furan rings is 1. The minimum Gasteiger partial charge on any atom is -0.472 e. The molecule has 206 valence electrons. The number of cyclic esters (lactones) is 2. The van der Waals surface area contributed by atoms with Crippen LogP contribution in [0.1, 0.15) is 52.2 Å². The first-order chi connectivity index (χ1) is 17.9. The highest BCUT2D eigenvalue weighted by Gasteiger charge is 2.77. The van der Waals surface area contributed by atoms with E-state index in [4.69, 9.17) is 28.1 Å². The highest BCUT2D eigenvalue weighted by molar-refractivity contribution is 5.80. The molecule has 2 aliphatic heterocycles. The van der Waals surface area contributed by atoms with Gasteiger partial charge >= 0.3 is 29.8 Å². The van der Waals surface area contributed by atoms with Crippen LogP contribution in [-0.4, -0.2) is 66.0 Å². The number of ether oxygens (including phenoxy) is 5. The first kappa shape index (κ1) is 26.2. The highest BCUT2D eigenvalue weighted by atomic mass is 16.6. The van der Waals surface area contributed by atoms with Crippen LogP contribution in [-0.2, 0) is 47.7 Å². The number of aliphatic hydroxyl groups is 1. The average molecular weight is 535 g/mol. The Hall–Kier alpha value is -3.41. The molecule has 2 saturated heterocycles. The van der Waals surface area contributed by atoms with Crippen molar-refractivity contribution in [1.82, 2.24) is 0 Å². The molecule has 1 spiro atoms. The smallest absolute Gasteiger partial charge is 0.313 e. The van der Waals surface area contributed by atoms with E-state index in [-0.39, 0.29) is 19.4 Å². The average Bonchev–Trinajstić information content (AvgIpc) is 3.46. The van der Waals surface area contributed by atoms with Crippen molar-refractivity contribution in [3.05, 3.63) is 24.2 Å². The molecule has 0 amide bonds. The number of hydrogen-bond acceptors (Lipinski definition) is 12. The molecule has 4 aliphatic rings. The third-order valence-corrected chi connectivity index (χ3v) is 8.81. The van der Waals surface area contributed by atoms with Crippen molar-refractivity contribution in [3.8, 4) is 0 Å². The highest BCUT2D eigenvalue weighted by Crippen LogP contribution is 2.68. The fourth-order valence-corrected chi connectivity index (χ4v) is 7.62. The van der Waals surface area contributed by atoms with Crippen LogP contribution < -0.4 is 0 Å². The second-order valence-electron chi connectivity index (χ2n) is 10.8. The van der Waals surface area contributed by atoms with Gasteiger partial charge in [0.25, 0.3) is 0 Å². The maximum absolute atomic E-state index is 13.5. The summed E-state index contributed by atoms with van der Waals surface area (Å²) in [7, 11) is 0. The molecule has 2 saturated carbocycles. The summed E-state index contributed by atoms with van der Waals surface area (Å²) in [5, 5.41) is 11.5. The number of fused-ring (bicyclic) bond motifs is 2. The first-order valence-corrected chi connectivity index (χ1v) is 12.5. The molecule has 3 heterocycles. The van der Waals surface area contributed by atoms with Crippen LogP contribution in [0.25, 0.3) is 0 Å². The van der Waals surface area contributed by atoms with Crippen LogP contribution >= 0.6 is 0 Å². The van der Waals surface area contributed by atoms with Crippen LogP contribution in [0.4, 0.5) is 0 Å². The van der Waals surface area contributed by atoms with Crippen molar-refractivity contribution in [2.45, 2.75) is 71.1 Å². The fraction of sp³-hybridized carbons (Fsp3) is 0.654. The van der Waals surface area contributed by atoms with Crippen molar-refractivity contribution < 1.29 is 57.2 Å². The van der Waals surface area contributed by atoms with Crippen LogP contribution in [0.15, 0.2) is 23.0 Å². The predicted molar refractivity (Wildman–Crippen MR) is 121 cm³/mol. The monoisotopic (exact) mass is 534 g/mol. The molecule has 0 aromatic carbocycles. The summed E-state index contributed by atoms with van der Waals surface area (Å²) in [5.41, 5.74) is -1.98. The molecule has 1 N–H and O–H groups in total. The lowest BCUT2D eigenvalue weighted by Crippen LogP contribution is -2.73. The zero-order chi connectivity index (χ0) is 27.6. The van der Waals surface area contributed by atoms with Gasteiger partial charge in [-0.15, -0.1) is 0 Å². The van der Waals surface area contributed by atoms with Crippen molar-refractivity contribution in [2.75, 3.05) is 6.61 Å². The van der Waals surface area contributed by atoms with Gasteiger partial charge in [-0.3, -0.25) is 24.0 Å². The summed E-state index contributed by atoms with van der Waals surface area (Å²) in [6.45, 7) is 5.14. The number of carbonyl (C=O) groups excluding carboxylic acids is 5. The van der Waals surface area contributed by atoms with E-state index in [2.05, 4.69) is 0 Å². The normalized spacial score (nSPS) is 41.5. The molecule has 12 heteroatoms. The quantitative estimate of drug-likeness (QED) is 0.435. The molecule has 0 bridgehead atoms. The molecule has 5 rings (SSSR count). The zero-order valence-corrected chi connectivity index (χ0v) is 21.4. The Labute approximate surface area is 217 Å². The minimum atomic E-state index is -1.63. The topological polar surface area (TPSA) is 165 Å². The standard InChI is InChI=1S/C26H30O12/c1-11(27)35-19-16-24(32)34-10-26(16)7-5-15-23(31)38-18(14-6-8-33-9-14)22(37-13(3)29)25(15,4)21(26)20(17(19)30)36-12(2)28/h6,8-9,15-22,30H,5,7,10H2,1-4H3/t15-,16+,17-,18+,19-,20-,21-,22+,25+,26-/m1/s1. The molecule has 1 aromatic heterocycles. The van der Waals surface area contributed by atoms with Gasteiger partial charge in [0, 0.05) is 43.1 Å². The fourth-order valence-electron chi connectivity index (χ4n) is 7.62. The Morgan fingerprint density at radius 1 is 1.00 bits per heavy atom. The van der Waals surface area contributed by atoms with Gasteiger partial charge in [-0.1, -0.05) is 6.92 Å². The van der Waals surface area contributed by atoms with Gasteiger partial charge in [0.2, 0.25) is 0 Å². The summed E-state index contributed by atoms with van der Waals surface area (Å²) in [4.78, 5) is 63.4. The van der Waals surface area contributed by atoms with Gasteiger partial charge in [0.15, 0.2) is 6.10 Å². The SMILES string of the molecule is CC(=O)O[C@@H]1[C@H](O)[C@H](OC(C)=O)[C@H]2C(=O)OC[C@]23CC[C@@H]2C(=O)O[C@@H](c4ccoc4)[C@H](OC(C)=O)[C@]2(C)[C@@H]13. The number of carbonyl (C=O) groups is 5. The molecule has 0 unspecified atom stereocenters. The predicted octanol–water partition coefficient (Wildman–Crippen LogP) is 1.24. The molecule has 2 aliphatic carbocycles. The lowest BCUT2D eigenvalue weighted by molar-refractivity contribution is -0.285. The van der Waals surface area contributed by atoms with Crippen LogP contribution in [0.5, 0.6) is 0 Å². The van der Waals surface area contributed by atoms with Crippen LogP contribution in [0, 0.1) is 28.6 Å². The van der Waals surface area contributed by atoms with Gasteiger partial charge in [0.05, 0.1) is 25.1 Å². The molecule has 10 atom stereocenters. The van der Waals surface area contributed by atoms with Crippen molar-refractivity contribution in [3.63, 3.8) is 0 Å². The van der Waals surface area contributed by atoms with E-state index in [0.29, 0.717) is 5.56 Å². The molecule has 38 heavy (non-hydrogen) atoms. The lowest BCUT2D eigenvalue weighted by atomic mass is 9.41. The van der Waals surface area contributed by atoms with E-state index in [0.717, 1.165) is 13.8 Å². The molecule has 0 radical (unpaired) electrons. The lowest BCUT2D eigenvalue weighted by Gasteiger charge is -2.64. The third kappa shape index (κ3) is 3.71. The summed E-state index contributed by atoms with van der Waals surface area (Å²) in [6, 6.07) is 1.58. The molecular weight excluding hydrogens is 504 g/mol. The van der Waals surface area contributed by atoms with Gasteiger partial charge in [-0.25, -0.2) is 0 Å². The minimum absolute atomic E-state index is 0.121. The van der Waals surface area contributed by atoms with Gasteiger partial charge in [0.1, 0.15) is 30.3 Å². The van der Waals surface area contributed by atoms with Crippen LogP contribution in [0.3, 0.4) is 0 Å². The summed E-state index contributed by atoms with van der Waals surface area (Å²) >= 11 is 0. The van der Waals surface area contributed by atoms with E-state index in [1.54, 1.807) is 13.0 Å². The number of esters is 5. The van der Waals surface area contributed by atoms with Crippen molar-refractivity contribution in [2.24, 2.45) is 28.6 Å². The Morgan fingerprint density at radius 3 is 2.26 bits per heavy atom. The first-order valence-electron chi connectivity index (χ1n) is 12.5. The Balaban J connectivity index is 1.73. The van der Waals surface area contributed by atoms with E-state index < -0.39 is 89.0 Å². The number of rotatable bonds is 4. The van der Waals surface area contributed by atoms with Gasteiger partial charge in [-0.2, -0.15) is 0 Å². The van der Waals surface area contributed by atoms with Gasteiger partial charge in [-0.05, 0) is 18.9 Å². The Kier molecular flexibility index (Phi) is 6.28. The van der Waals surface area contributed by atoms with E-state index in [1.165, 1.54) is 19.5 Å². The van der Waals surface area contributed by atoms with Crippen molar-refractivity contribution >= 4 is 29.8 Å². The third-order valence-electron chi connectivity index (χ3n) is 8.81. The van der Waals surface area contributed by atoms with Gasteiger partial charge < -0.3 is 33.2 Å². The molecular formula is C26H30O12. The Bertz CT molecular complexity index is 1160. The summed E-state index contributed by atoms with van der Waals surface area (Å²) in [5.74, 6) is -6.19. The second-order valence-corrected chi connectivity index (χ2v) is 10.8. The molecule has 12 nitrogen and oxygen atoms in total. The summed E-state index contributed by atoms with van der Waals surface area (Å²) in [6.07, 6.45) is -3.25. The van der Waals surface area contributed by atoms with Crippen molar-refractivity contribution in [1.29, 1.82) is 0 Å². The van der Waals surface area contributed by atoms with E-state index >= 15 is 0 Å². The largest absolute Gasteiger partial charge is 0.472 e. The maximum Gasteiger partial charge on any atom is 0.313 e. The number of aliphatic hydroxyl groups excluding tert-OH is 1. The van der Waals surface area contributed by atoms with Crippen LogP contribution in [0.2, 0.25) is 0 Å². The second kappa shape index (κ2) is 9.11. The summed E-state index contributed by atoms with van der Waals surface area (Å²) < 4.78 is 33.5. The maximum atomic E-state index is 13.5. The molecule has 4 fully saturated rings. The van der Waals surface area contributed by atoms with E-state index in [9.17, 15) is 29.1 Å². The van der Waals surface area contributed by atoms with E-state index in [1.807, 2.05) is 0 Å². The Morgan fingerprint density at radius 2 is 1.66 bits per heavy atom. The zero-order valence-electron chi connectivity index (χ0n) is 21.4. The molecule has 1 aromatic rings.